The number of piperidine rings is 1. The monoisotopic (exact) mass is 236 g/mol. The molecule has 17 heavy (non-hydrogen) atoms. The van der Waals surface area contributed by atoms with Crippen molar-refractivity contribution in [3.8, 4) is 0 Å². The Balaban J connectivity index is 2.36. The molecule has 1 aliphatic heterocycles. The van der Waals surface area contributed by atoms with Crippen LogP contribution >= 0.6 is 0 Å². The summed E-state index contributed by atoms with van der Waals surface area (Å²) in [6.45, 7) is 5.87. The van der Waals surface area contributed by atoms with E-state index in [1.807, 2.05) is 0 Å². The average Bonchev–Trinajstić information content (AvgIpc) is 2.32. The highest BCUT2D eigenvalue weighted by molar-refractivity contribution is 5.44. The van der Waals surface area contributed by atoms with Crippen LogP contribution in [0, 0.1) is 12.8 Å². The van der Waals surface area contributed by atoms with E-state index >= 15 is 0 Å². The van der Waals surface area contributed by atoms with Crippen molar-refractivity contribution in [1.29, 1.82) is 0 Å². The van der Waals surface area contributed by atoms with Gasteiger partial charge in [-0.25, -0.2) is 0 Å². The Morgan fingerprint density at radius 2 is 1.94 bits per heavy atom. The Kier molecular flexibility index (Phi) is 3.09. The third kappa shape index (κ3) is 2.14. The van der Waals surface area contributed by atoms with Gasteiger partial charge in [0.25, 0.3) is 5.56 Å². The zero-order chi connectivity index (χ0) is 12.6. The van der Waals surface area contributed by atoms with Crippen molar-refractivity contribution in [2.45, 2.75) is 26.7 Å². The van der Waals surface area contributed by atoms with Crippen LogP contribution in [0.5, 0.6) is 0 Å². The maximum absolute atomic E-state index is 11.9. The number of rotatable bonds is 1. The summed E-state index contributed by atoms with van der Waals surface area (Å²) in [7, 11) is 1.76. The van der Waals surface area contributed by atoms with Gasteiger partial charge in [-0.2, -0.15) is 4.98 Å². The van der Waals surface area contributed by atoms with Crippen LogP contribution in [-0.4, -0.2) is 22.6 Å². The fraction of sp³-hybridized carbons (Fsp3) is 0.667. The highest BCUT2D eigenvalue weighted by atomic mass is 16.1. The summed E-state index contributed by atoms with van der Waals surface area (Å²) in [5.74, 6) is 1.80. The maximum Gasteiger partial charge on any atom is 0.259 e. The van der Waals surface area contributed by atoms with Crippen LogP contribution in [0.1, 0.15) is 25.3 Å². The van der Waals surface area contributed by atoms with Crippen LogP contribution in [0.15, 0.2) is 4.79 Å². The average molecular weight is 236 g/mol. The number of hydrogen-bond acceptors (Lipinski definition) is 4. The smallest absolute Gasteiger partial charge is 0.259 e. The minimum Gasteiger partial charge on any atom is -0.383 e. The first-order valence-electron chi connectivity index (χ1n) is 6.08. The molecule has 1 saturated heterocycles. The number of aromatic nitrogens is 2. The van der Waals surface area contributed by atoms with Crippen molar-refractivity contribution in [3.63, 3.8) is 0 Å². The Bertz CT molecular complexity index is 472. The molecule has 1 aliphatic rings. The molecule has 0 radical (unpaired) electrons. The largest absolute Gasteiger partial charge is 0.383 e. The van der Waals surface area contributed by atoms with E-state index in [0.717, 1.165) is 31.8 Å². The molecule has 0 unspecified atom stereocenters. The van der Waals surface area contributed by atoms with Crippen molar-refractivity contribution in [1.82, 2.24) is 9.55 Å². The molecule has 2 N–H and O–H groups in total. The lowest BCUT2D eigenvalue weighted by atomic mass is 10.00. The highest BCUT2D eigenvalue weighted by Crippen LogP contribution is 2.21. The summed E-state index contributed by atoms with van der Waals surface area (Å²) >= 11 is 0. The predicted octanol–water partition coefficient (Wildman–Crippen LogP) is 0.907. The van der Waals surface area contributed by atoms with E-state index < -0.39 is 0 Å². The van der Waals surface area contributed by atoms with Gasteiger partial charge in [0.1, 0.15) is 5.82 Å². The highest BCUT2D eigenvalue weighted by Gasteiger charge is 2.20. The first kappa shape index (κ1) is 12.0. The minimum absolute atomic E-state index is 0.0499. The first-order chi connectivity index (χ1) is 8.00. The topological polar surface area (TPSA) is 64.2 Å². The molecule has 0 atom stereocenters. The minimum atomic E-state index is -0.0499. The van der Waals surface area contributed by atoms with Crippen molar-refractivity contribution < 1.29 is 0 Å². The summed E-state index contributed by atoms with van der Waals surface area (Å²) in [4.78, 5) is 18.4. The van der Waals surface area contributed by atoms with E-state index in [4.69, 9.17) is 5.73 Å². The second kappa shape index (κ2) is 4.39. The molecule has 2 rings (SSSR count). The number of nitrogens with zero attached hydrogens (tertiary/aromatic N) is 3. The summed E-state index contributed by atoms with van der Waals surface area (Å²) in [5, 5.41) is 0. The van der Waals surface area contributed by atoms with Gasteiger partial charge in [0.2, 0.25) is 5.95 Å². The lowest BCUT2D eigenvalue weighted by molar-refractivity contribution is 0.431. The van der Waals surface area contributed by atoms with Gasteiger partial charge in [0.15, 0.2) is 0 Å². The first-order valence-corrected chi connectivity index (χ1v) is 6.08. The van der Waals surface area contributed by atoms with Gasteiger partial charge in [0.05, 0.1) is 5.56 Å². The lowest BCUT2D eigenvalue weighted by Crippen LogP contribution is -2.38. The van der Waals surface area contributed by atoms with Crippen LogP contribution in [0.3, 0.4) is 0 Å². The number of nitrogen functional groups attached to an aromatic ring is 1. The summed E-state index contributed by atoms with van der Waals surface area (Å²) in [6.07, 6.45) is 2.29. The standard InChI is InChI=1S/C12H20N4O/c1-8-4-6-16(7-5-8)12-14-10(13)9(2)11(17)15(12)3/h8H,4-7,13H2,1-3H3. The van der Waals surface area contributed by atoms with Crippen LogP contribution in [0.4, 0.5) is 11.8 Å². The van der Waals surface area contributed by atoms with E-state index in [-0.39, 0.29) is 5.56 Å². The van der Waals surface area contributed by atoms with E-state index in [1.165, 1.54) is 0 Å². The van der Waals surface area contributed by atoms with Gasteiger partial charge < -0.3 is 10.6 Å². The molecule has 0 saturated carbocycles. The van der Waals surface area contributed by atoms with Gasteiger partial charge in [-0.3, -0.25) is 9.36 Å². The van der Waals surface area contributed by atoms with Crippen LogP contribution in [0.2, 0.25) is 0 Å². The molecular formula is C12H20N4O. The van der Waals surface area contributed by atoms with Gasteiger partial charge in [-0.1, -0.05) is 6.92 Å². The molecule has 0 bridgehead atoms. The van der Waals surface area contributed by atoms with E-state index in [2.05, 4.69) is 16.8 Å². The molecule has 0 amide bonds. The van der Waals surface area contributed by atoms with Gasteiger partial charge in [-0.15, -0.1) is 0 Å². The molecule has 5 nitrogen and oxygen atoms in total. The third-order valence-electron chi connectivity index (χ3n) is 3.60. The van der Waals surface area contributed by atoms with Crippen molar-refractivity contribution >= 4 is 11.8 Å². The zero-order valence-corrected chi connectivity index (χ0v) is 10.7. The molecule has 2 heterocycles. The van der Waals surface area contributed by atoms with Crippen molar-refractivity contribution in [3.05, 3.63) is 15.9 Å². The van der Waals surface area contributed by atoms with Gasteiger partial charge in [0, 0.05) is 20.1 Å². The molecule has 0 spiro atoms. The van der Waals surface area contributed by atoms with Gasteiger partial charge in [-0.05, 0) is 25.7 Å². The second-order valence-electron chi connectivity index (χ2n) is 4.96. The number of nitrogens with two attached hydrogens (primary N) is 1. The fourth-order valence-corrected chi connectivity index (χ4v) is 2.21. The lowest BCUT2D eigenvalue weighted by Gasteiger charge is -2.32. The van der Waals surface area contributed by atoms with Crippen LogP contribution in [0.25, 0.3) is 0 Å². The van der Waals surface area contributed by atoms with E-state index in [0.29, 0.717) is 17.3 Å². The van der Waals surface area contributed by atoms with E-state index in [1.54, 1.807) is 18.5 Å². The normalized spacial score (nSPS) is 17.5. The van der Waals surface area contributed by atoms with Crippen LogP contribution < -0.4 is 16.2 Å². The molecule has 1 aromatic rings. The van der Waals surface area contributed by atoms with E-state index in [9.17, 15) is 4.79 Å². The molecular weight excluding hydrogens is 216 g/mol. The molecule has 5 heteroatoms. The Hall–Kier alpha value is -1.52. The number of anilines is 2. The molecule has 0 aliphatic carbocycles. The molecule has 94 valence electrons. The van der Waals surface area contributed by atoms with Crippen molar-refractivity contribution in [2.75, 3.05) is 23.7 Å². The summed E-state index contributed by atoms with van der Waals surface area (Å²) in [5.41, 5.74) is 6.25. The van der Waals surface area contributed by atoms with Crippen LogP contribution in [-0.2, 0) is 7.05 Å². The third-order valence-corrected chi connectivity index (χ3v) is 3.60. The molecule has 1 fully saturated rings. The zero-order valence-electron chi connectivity index (χ0n) is 10.7. The van der Waals surface area contributed by atoms with Gasteiger partial charge >= 0.3 is 0 Å². The Morgan fingerprint density at radius 1 is 1.35 bits per heavy atom. The quantitative estimate of drug-likeness (QED) is 0.787. The molecule has 0 aromatic carbocycles. The summed E-state index contributed by atoms with van der Waals surface area (Å²) in [6, 6.07) is 0. The SMILES string of the molecule is Cc1c(N)nc(N2CCC(C)CC2)n(C)c1=O. The summed E-state index contributed by atoms with van der Waals surface area (Å²) < 4.78 is 1.60. The van der Waals surface area contributed by atoms with Crippen molar-refractivity contribution in [2.24, 2.45) is 13.0 Å². The Morgan fingerprint density at radius 3 is 2.53 bits per heavy atom. The Labute approximate surface area is 101 Å². The number of hydrogen-bond donors (Lipinski definition) is 1. The maximum atomic E-state index is 11.9. The molecule has 1 aromatic heterocycles. The second-order valence-corrected chi connectivity index (χ2v) is 4.96. The fourth-order valence-electron chi connectivity index (χ4n) is 2.21. The predicted molar refractivity (Wildman–Crippen MR) is 69.2 cm³/mol.